The van der Waals surface area contributed by atoms with Gasteiger partial charge in [0.15, 0.2) is 17.5 Å². The summed E-state index contributed by atoms with van der Waals surface area (Å²) in [7, 11) is 0. The Labute approximate surface area is 604 Å². The van der Waals surface area contributed by atoms with E-state index < -0.39 is 0 Å². The average Bonchev–Trinajstić information content (AvgIpc) is 1.53. The van der Waals surface area contributed by atoms with Crippen LogP contribution in [0.15, 0.2) is 352 Å². The van der Waals surface area contributed by atoms with Gasteiger partial charge in [-0.2, -0.15) is 0 Å². The van der Waals surface area contributed by atoms with Gasteiger partial charge in [0.1, 0.15) is 0 Å². The molecule has 18 rings (SSSR count). The van der Waals surface area contributed by atoms with Crippen molar-refractivity contribution in [2.45, 2.75) is 33.1 Å². The second-order valence-electron chi connectivity index (χ2n) is 27.3. The lowest BCUT2D eigenvalue weighted by atomic mass is 9.82. The van der Waals surface area contributed by atoms with Crippen LogP contribution in [-0.4, -0.2) is 28.7 Å². The Morgan fingerprint density at radius 2 is 0.760 bits per heavy atom. The van der Waals surface area contributed by atoms with Crippen molar-refractivity contribution < 1.29 is 0 Å². The zero-order valence-corrected chi connectivity index (χ0v) is 58.3. The van der Waals surface area contributed by atoms with Crippen LogP contribution in [0.2, 0.25) is 0 Å². The quantitative estimate of drug-likeness (QED) is 0.121. The molecule has 6 nitrogen and oxygen atoms in total. The van der Waals surface area contributed by atoms with Crippen molar-refractivity contribution in [1.82, 2.24) is 28.7 Å². The predicted octanol–water partition coefficient (Wildman–Crippen LogP) is 24.9. The highest BCUT2D eigenvalue weighted by Crippen LogP contribution is 2.52. The summed E-state index contributed by atoms with van der Waals surface area (Å²) in [5.41, 5.74) is 21.6. The van der Waals surface area contributed by atoms with Gasteiger partial charge in [-0.25, -0.2) is 15.0 Å². The van der Waals surface area contributed by atoms with Gasteiger partial charge in [0, 0.05) is 71.7 Å². The molecule has 0 fully saturated rings. The normalized spacial score (nSPS) is 12.8. The first-order valence-electron chi connectivity index (χ1n) is 35.8. The van der Waals surface area contributed by atoms with Crippen LogP contribution in [0.1, 0.15) is 44.5 Å². The average molecular weight is 1330 g/mol. The monoisotopic (exact) mass is 1330 g/mol. The molecule has 0 spiro atoms. The highest BCUT2D eigenvalue weighted by atomic mass is 15.0. The second kappa shape index (κ2) is 26.3. The Balaban J connectivity index is 0.970. The molecule has 0 atom stereocenters. The minimum Gasteiger partial charge on any atom is -0.309 e. The number of hydrogen-bond donors (Lipinski definition) is 0. The van der Waals surface area contributed by atoms with Gasteiger partial charge in [0.25, 0.3) is 0 Å². The van der Waals surface area contributed by atoms with Crippen molar-refractivity contribution in [2.24, 2.45) is 0 Å². The Hall–Kier alpha value is -13.3. The van der Waals surface area contributed by atoms with E-state index >= 15 is 0 Å². The Bertz CT molecular complexity index is 6510. The molecule has 17 aromatic rings. The first-order valence-corrected chi connectivity index (χ1v) is 35.8. The number of rotatable bonds is 11. The van der Waals surface area contributed by atoms with Gasteiger partial charge in [-0.05, 0) is 164 Å². The summed E-state index contributed by atoms with van der Waals surface area (Å²) >= 11 is 0. The van der Waals surface area contributed by atoms with E-state index in [4.69, 9.17) is 15.0 Å². The lowest BCUT2D eigenvalue weighted by Gasteiger charge is -2.22. The smallest absolute Gasteiger partial charge is 0.164 e. The third-order valence-corrected chi connectivity index (χ3v) is 20.8. The molecule has 6 heteroatoms. The number of para-hydroxylation sites is 2. The van der Waals surface area contributed by atoms with Crippen molar-refractivity contribution in [3.63, 3.8) is 0 Å². The second-order valence-corrected chi connectivity index (χ2v) is 27.3. The van der Waals surface area contributed by atoms with E-state index in [1.165, 1.54) is 22.3 Å². The van der Waals surface area contributed by atoms with E-state index in [2.05, 4.69) is 369 Å². The first-order chi connectivity index (χ1) is 51.3. The van der Waals surface area contributed by atoms with Crippen molar-refractivity contribution in [3.8, 4) is 84.6 Å². The summed E-state index contributed by atoms with van der Waals surface area (Å²) < 4.78 is 7.45. The molecule has 1 aliphatic carbocycles. The molecule has 0 unspecified atom stereocenters. The molecule has 0 amide bonds. The van der Waals surface area contributed by atoms with E-state index in [0.29, 0.717) is 17.5 Å². The van der Waals surface area contributed by atoms with Gasteiger partial charge >= 0.3 is 0 Å². The number of benzene rings is 13. The predicted molar refractivity (Wildman–Crippen MR) is 439 cm³/mol. The Kier molecular flexibility index (Phi) is 15.9. The molecule has 0 saturated heterocycles. The molecular weight excluding hydrogens is 1260 g/mol. The molecule has 104 heavy (non-hydrogen) atoms. The lowest BCUT2D eigenvalue weighted by molar-refractivity contribution is 0.660. The zero-order chi connectivity index (χ0) is 69.8. The van der Waals surface area contributed by atoms with Crippen LogP contribution in [0.3, 0.4) is 0 Å². The van der Waals surface area contributed by atoms with Gasteiger partial charge < -0.3 is 13.7 Å². The number of aromatic nitrogens is 6. The SMILES string of the molecule is C/C=C\C=C/c1ccc2/c(=C\C=C/C)c3cc(-c4ccccc4)ccc3n(-c3ccc4c(c3)c3ccccc3n4-c3cccc(-c4nc(-c5ccccc5)nc(-c5ccccc5)n4)c3)c3ccccc3c3cccc(c4cc(-c5ccccc5)ccc4n1-c1cccc4c1-c1ccccc1C4(C)C)c23. The lowest BCUT2D eigenvalue weighted by Crippen LogP contribution is -2.15. The highest BCUT2D eigenvalue weighted by molar-refractivity contribution is 6.24. The van der Waals surface area contributed by atoms with Gasteiger partial charge in [-0.15, -0.1) is 0 Å². The molecule has 0 N–H and O–H groups in total. The van der Waals surface area contributed by atoms with Gasteiger partial charge in [0.05, 0.1) is 33.3 Å². The summed E-state index contributed by atoms with van der Waals surface area (Å²) in [5.74, 6) is 1.84. The number of fused-ring (bicyclic) bond motifs is 11. The summed E-state index contributed by atoms with van der Waals surface area (Å²) in [4.78, 5) is 15.4. The topological polar surface area (TPSA) is 53.5 Å². The van der Waals surface area contributed by atoms with E-state index in [9.17, 15) is 0 Å². The Morgan fingerprint density at radius 1 is 0.298 bits per heavy atom. The van der Waals surface area contributed by atoms with E-state index in [-0.39, 0.29) is 5.41 Å². The van der Waals surface area contributed by atoms with Crippen molar-refractivity contribution in [1.29, 1.82) is 0 Å². The minimum atomic E-state index is -0.230. The third-order valence-electron chi connectivity index (χ3n) is 20.8. The minimum absolute atomic E-state index is 0.230. The van der Waals surface area contributed by atoms with Crippen molar-refractivity contribution in [3.05, 3.63) is 374 Å². The summed E-state index contributed by atoms with van der Waals surface area (Å²) in [6, 6.07) is 118. The largest absolute Gasteiger partial charge is 0.309 e. The van der Waals surface area contributed by atoms with Crippen LogP contribution in [0.4, 0.5) is 0 Å². The van der Waals surface area contributed by atoms with Crippen LogP contribution in [0, 0.1) is 0 Å². The van der Waals surface area contributed by atoms with Gasteiger partial charge in [-0.3, -0.25) is 0 Å². The number of nitrogens with zero attached hydrogens (tertiary/aromatic N) is 6. The molecule has 0 aliphatic heterocycles. The van der Waals surface area contributed by atoms with E-state index in [1.807, 2.05) is 36.4 Å². The zero-order valence-electron chi connectivity index (χ0n) is 58.3. The highest BCUT2D eigenvalue weighted by Gasteiger charge is 2.37. The van der Waals surface area contributed by atoms with Crippen molar-refractivity contribution in [2.75, 3.05) is 0 Å². The van der Waals surface area contributed by atoms with Gasteiger partial charge in [-0.1, -0.05) is 293 Å². The maximum Gasteiger partial charge on any atom is 0.164 e. The molecule has 494 valence electrons. The molecule has 0 radical (unpaired) electrons. The first kappa shape index (κ1) is 62.9. The maximum absolute atomic E-state index is 5.18. The fourth-order valence-corrected chi connectivity index (χ4v) is 16.0. The molecule has 0 saturated carbocycles. The molecular formula is C98H72N6. The van der Waals surface area contributed by atoms with Crippen LogP contribution in [-0.2, 0) is 5.41 Å². The van der Waals surface area contributed by atoms with E-state index in [1.54, 1.807) is 0 Å². The molecule has 0 bridgehead atoms. The molecule has 13 aromatic carbocycles. The Morgan fingerprint density at radius 3 is 1.40 bits per heavy atom. The molecule has 4 heterocycles. The van der Waals surface area contributed by atoms with Crippen molar-refractivity contribution >= 4 is 88.2 Å². The standard InChI is InChI=1S/C98H72N6/c1-5-7-13-40-72-55-57-80-75(42-8-6-2)82-62-69(65-31-14-9-15-32-65)53-58-89(82)104(74-56-60-91-84(64-74)77-44-24-27-51-88(77)103(91)73-41-28-39-71(61-73)97-100-95(67-35-18-11-19-36-67)99-96(101-97)68-37-20-12-21-38-68)87-50-26-23-43-76(87)78-46-29-47-79(93(78)80)83-63-70(66-33-16-10-17-34-66)54-59-90(83)102(72)92-52-30-49-86-94(92)81-45-22-25-48-85(81)98(86,3)4/h5-64H,1-4H3/b7-5-,8-6-,40-13-,72-55?,75-42+,80-57?. The molecule has 1 aliphatic rings. The fourth-order valence-electron chi connectivity index (χ4n) is 16.0. The summed E-state index contributed by atoms with van der Waals surface area (Å²) in [6.07, 6.45) is 15.4. The molecule has 4 aromatic heterocycles. The summed E-state index contributed by atoms with van der Waals surface area (Å²) in [5, 5.41) is 11.0. The maximum atomic E-state index is 5.18. The fraction of sp³-hybridized carbons (Fsp3) is 0.0510. The van der Waals surface area contributed by atoms with Crippen LogP contribution in [0.25, 0.3) is 173 Å². The third kappa shape index (κ3) is 10.9. The van der Waals surface area contributed by atoms with Crippen LogP contribution >= 0.6 is 0 Å². The van der Waals surface area contributed by atoms with Crippen LogP contribution in [0.5, 0.6) is 0 Å². The van der Waals surface area contributed by atoms with Crippen LogP contribution < -0.4 is 5.22 Å². The van der Waals surface area contributed by atoms with Gasteiger partial charge in [0.2, 0.25) is 0 Å². The summed E-state index contributed by atoms with van der Waals surface area (Å²) in [6.45, 7) is 8.95. The number of hydrogen-bond acceptors (Lipinski definition) is 3. The number of allylic oxidation sites excluding steroid dienone is 5. The van der Waals surface area contributed by atoms with E-state index in [0.717, 1.165) is 143 Å².